The number of nitrogens with zero attached hydrogens (tertiary/aromatic N) is 2. The van der Waals surface area contributed by atoms with E-state index in [1.807, 2.05) is 12.3 Å². The second-order valence-electron chi connectivity index (χ2n) is 7.86. The molecule has 0 spiro atoms. The fourth-order valence-electron chi connectivity index (χ4n) is 4.45. The smallest absolute Gasteiger partial charge is 0.128 e. The molecule has 1 aliphatic carbocycles. The van der Waals surface area contributed by atoms with Crippen LogP contribution in [0.15, 0.2) is 48.7 Å². The predicted octanol–water partition coefficient (Wildman–Crippen LogP) is 4.40. The van der Waals surface area contributed by atoms with Gasteiger partial charge in [-0.15, -0.1) is 0 Å². The zero-order chi connectivity index (χ0) is 17.8. The lowest BCUT2D eigenvalue weighted by molar-refractivity contribution is 0.372. The zero-order valence-corrected chi connectivity index (χ0v) is 15.9. The molecule has 0 radical (unpaired) electrons. The van der Waals surface area contributed by atoms with Crippen LogP contribution in [-0.4, -0.2) is 30.7 Å². The molecule has 1 aromatic carbocycles. The van der Waals surface area contributed by atoms with Gasteiger partial charge in [-0.2, -0.15) is 0 Å². The van der Waals surface area contributed by atoms with Crippen LogP contribution in [-0.2, 0) is 6.42 Å². The summed E-state index contributed by atoms with van der Waals surface area (Å²) in [6.45, 7) is 5.74. The van der Waals surface area contributed by atoms with Crippen molar-refractivity contribution in [2.75, 3.05) is 24.5 Å². The van der Waals surface area contributed by atoms with E-state index in [2.05, 4.69) is 58.5 Å². The Kier molecular flexibility index (Phi) is 5.54. The molecule has 138 valence electrons. The molecule has 3 heteroatoms. The number of aromatic nitrogens is 1. The highest BCUT2D eigenvalue weighted by Crippen LogP contribution is 2.42. The number of piperidine rings is 1. The van der Waals surface area contributed by atoms with Gasteiger partial charge in [0.1, 0.15) is 5.82 Å². The monoisotopic (exact) mass is 349 g/mol. The maximum Gasteiger partial charge on any atom is 0.128 e. The first-order valence-electron chi connectivity index (χ1n) is 10.3. The van der Waals surface area contributed by atoms with Crippen LogP contribution in [0.3, 0.4) is 0 Å². The number of pyridine rings is 1. The molecule has 2 unspecified atom stereocenters. The summed E-state index contributed by atoms with van der Waals surface area (Å²) in [6, 6.07) is 15.9. The largest absolute Gasteiger partial charge is 0.357 e. The fourth-order valence-corrected chi connectivity index (χ4v) is 4.45. The molecule has 26 heavy (non-hydrogen) atoms. The van der Waals surface area contributed by atoms with Crippen molar-refractivity contribution < 1.29 is 0 Å². The Balaban J connectivity index is 1.18. The minimum atomic E-state index is 0.705. The van der Waals surface area contributed by atoms with Crippen LogP contribution in [0.2, 0.25) is 0 Å². The number of nitrogens with one attached hydrogen (secondary N) is 1. The minimum absolute atomic E-state index is 0.705. The molecule has 2 fully saturated rings. The lowest BCUT2D eigenvalue weighted by atomic mass is 9.93. The highest BCUT2D eigenvalue weighted by atomic mass is 15.2. The highest BCUT2D eigenvalue weighted by molar-refractivity contribution is 5.38. The zero-order valence-electron chi connectivity index (χ0n) is 15.9. The van der Waals surface area contributed by atoms with Crippen LogP contribution >= 0.6 is 0 Å². The van der Waals surface area contributed by atoms with Crippen molar-refractivity contribution >= 4 is 5.82 Å². The first-order valence-corrected chi connectivity index (χ1v) is 10.3. The molecule has 1 aromatic heterocycles. The lowest BCUT2D eigenvalue weighted by Crippen LogP contribution is -2.35. The van der Waals surface area contributed by atoms with E-state index in [0.29, 0.717) is 6.04 Å². The normalized spacial score (nSPS) is 23.2. The Hall–Kier alpha value is -1.87. The molecule has 2 heterocycles. The number of rotatable bonds is 7. The van der Waals surface area contributed by atoms with Crippen molar-refractivity contribution in [3.63, 3.8) is 0 Å². The molecule has 1 N–H and O–H groups in total. The Morgan fingerprint density at radius 3 is 2.65 bits per heavy atom. The average molecular weight is 350 g/mol. The molecule has 1 saturated heterocycles. The molecule has 1 saturated carbocycles. The van der Waals surface area contributed by atoms with Gasteiger partial charge >= 0.3 is 0 Å². The summed E-state index contributed by atoms with van der Waals surface area (Å²) in [4.78, 5) is 6.92. The third kappa shape index (κ3) is 4.09. The summed E-state index contributed by atoms with van der Waals surface area (Å²) in [5, 5.41) is 3.82. The number of benzene rings is 1. The molecule has 1 aliphatic heterocycles. The SMILES string of the molecule is CCc1ccccc1C1CC1NCCC1CCN(c2ccccn2)CC1. The molecule has 4 rings (SSSR count). The summed E-state index contributed by atoms with van der Waals surface area (Å²) in [6.07, 6.45) is 8.27. The van der Waals surface area contributed by atoms with Crippen molar-refractivity contribution in [2.45, 2.75) is 51.0 Å². The average Bonchev–Trinajstić information content (AvgIpc) is 3.48. The van der Waals surface area contributed by atoms with Gasteiger partial charge in [-0.1, -0.05) is 37.3 Å². The number of anilines is 1. The Bertz CT molecular complexity index is 692. The van der Waals surface area contributed by atoms with Gasteiger partial charge in [-0.05, 0) is 67.8 Å². The van der Waals surface area contributed by atoms with E-state index in [4.69, 9.17) is 0 Å². The Morgan fingerprint density at radius 1 is 1.08 bits per heavy atom. The third-order valence-electron chi connectivity index (χ3n) is 6.17. The van der Waals surface area contributed by atoms with E-state index < -0.39 is 0 Å². The van der Waals surface area contributed by atoms with Gasteiger partial charge in [0, 0.05) is 31.2 Å². The molecule has 0 amide bonds. The molecular weight excluding hydrogens is 318 g/mol. The molecule has 2 aliphatic rings. The van der Waals surface area contributed by atoms with E-state index in [-0.39, 0.29) is 0 Å². The van der Waals surface area contributed by atoms with Crippen molar-refractivity contribution in [3.05, 3.63) is 59.8 Å². The summed E-state index contributed by atoms with van der Waals surface area (Å²) in [5.41, 5.74) is 3.11. The van der Waals surface area contributed by atoms with E-state index in [1.165, 1.54) is 37.8 Å². The second-order valence-corrected chi connectivity index (χ2v) is 7.86. The van der Waals surface area contributed by atoms with Crippen LogP contribution in [0.4, 0.5) is 5.82 Å². The van der Waals surface area contributed by atoms with Crippen LogP contribution < -0.4 is 10.2 Å². The van der Waals surface area contributed by atoms with E-state index >= 15 is 0 Å². The summed E-state index contributed by atoms with van der Waals surface area (Å²) < 4.78 is 0. The van der Waals surface area contributed by atoms with Crippen molar-refractivity contribution in [1.29, 1.82) is 0 Å². The van der Waals surface area contributed by atoms with Gasteiger partial charge in [0.15, 0.2) is 0 Å². The van der Waals surface area contributed by atoms with Crippen LogP contribution in [0.1, 0.15) is 49.7 Å². The first kappa shape index (κ1) is 17.5. The van der Waals surface area contributed by atoms with Crippen molar-refractivity contribution in [2.24, 2.45) is 5.92 Å². The summed E-state index contributed by atoms with van der Waals surface area (Å²) in [7, 11) is 0. The standard InChI is InChI=1S/C23H31N3/c1-2-19-7-3-4-8-20(19)21-17-22(21)24-14-10-18-11-15-26(16-12-18)23-9-5-6-13-25-23/h3-9,13,18,21-22,24H,2,10-12,14-17H2,1H3. The lowest BCUT2D eigenvalue weighted by Gasteiger charge is -2.32. The number of aryl methyl sites for hydroxylation is 1. The maximum atomic E-state index is 4.49. The topological polar surface area (TPSA) is 28.2 Å². The number of hydrogen-bond acceptors (Lipinski definition) is 3. The molecule has 2 aromatic rings. The van der Waals surface area contributed by atoms with Crippen LogP contribution in [0.5, 0.6) is 0 Å². The summed E-state index contributed by atoms with van der Waals surface area (Å²) >= 11 is 0. The molecule has 0 bridgehead atoms. The first-order chi connectivity index (χ1) is 12.8. The van der Waals surface area contributed by atoms with E-state index in [1.54, 1.807) is 5.56 Å². The fraction of sp³-hybridized carbons (Fsp3) is 0.522. The van der Waals surface area contributed by atoms with Gasteiger partial charge in [0.2, 0.25) is 0 Å². The Morgan fingerprint density at radius 2 is 1.88 bits per heavy atom. The van der Waals surface area contributed by atoms with Crippen molar-refractivity contribution in [3.8, 4) is 0 Å². The minimum Gasteiger partial charge on any atom is -0.357 e. The van der Waals surface area contributed by atoms with Gasteiger partial charge in [0.05, 0.1) is 0 Å². The maximum absolute atomic E-state index is 4.49. The molecule has 3 nitrogen and oxygen atoms in total. The van der Waals surface area contributed by atoms with Gasteiger partial charge in [-0.3, -0.25) is 0 Å². The van der Waals surface area contributed by atoms with Crippen LogP contribution in [0, 0.1) is 5.92 Å². The van der Waals surface area contributed by atoms with Gasteiger partial charge in [-0.25, -0.2) is 4.98 Å². The van der Waals surface area contributed by atoms with Crippen molar-refractivity contribution in [1.82, 2.24) is 10.3 Å². The molecular formula is C23H31N3. The second kappa shape index (κ2) is 8.22. The van der Waals surface area contributed by atoms with Gasteiger partial charge in [0.25, 0.3) is 0 Å². The van der Waals surface area contributed by atoms with E-state index in [9.17, 15) is 0 Å². The van der Waals surface area contributed by atoms with E-state index in [0.717, 1.165) is 37.2 Å². The number of hydrogen-bond donors (Lipinski definition) is 1. The highest BCUT2D eigenvalue weighted by Gasteiger charge is 2.38. The predicted molar refractivity (Wildman–Crippen MR) is 109 cm³/mol. The quantitative estimate of drug-likeness (QED) is 0.803. The Labute approximate surface area is 157 Å². The third-order valence-corrected chi connectivity index (χ3v) is 6.17. The van der Waals surface area contributed by atoms with Gasteiger partial charge < -0.3 is 10.2 Å². The molecule has 2 atom stereocenters. The summed E-state index contributed by atoms with van der Waals surface area (Å²) in [5.74, 6) is 2.75. The van der Waals surface area contributed by atoms with Crippen LogP contribution in [0.25, 0.3) is 0 Å².